The third kappa shape index (κ3) is 5.24. The van der Waals surface area contributed by atoms with E-state index in [1.54, 1.807) is 25.1 Å². The summed E-state index contributed by atoms with van der Waals surface area (Å²) in [4.78, 5) is 35.3. The number of benzene rings is 2. The molecule has 0 radical (unpaired) electrons. The lowest BCUT2D eigenvalue weighted by Crippen LogP contribution is -2.40. The number of pyridine rings is 2. The molecule has 1 saturated carbocycles. The predicted molar refractivity (Wildman–Crippen MR) is 163 cm³/mol. The summed E-state index contributed by atoms with van der Waals surface area (Å²) in [6.07, 6.45) is 3.40. The van der Waals surface area contributed by atoms with Gasteiger partial charge in [0.15, 0.2) is 0 Å². The third-order valence-corrected chi connectivity index (χ3v) is 9.24. The number of rotatable bonds is 8. The molecule has 8 nitrogen and oxygen atoms in total. The van der Waals surface area contributed by atoms with Gasteiger partial charge in [-0.3, -0.25) is 14.6 Å². The van der Waals surface area contributed by atoms with Crippen molar-refractivity contribution in [2.24, 2.45) is 11.7 Å². The molecule has 2 aliphatic rings. The zero-order chi connectivity index (χ0) is 30.6. The zero-order valence-electron chi connectivity index (χ0n) is 23.1. The van der Waals surface area contributed by atoms with Crippen LogP contribution < -0.4 is 20.5 Å². The van der Waals surface area contributed by atoms with Crippen molar-refractivity contribution in [3.05, 3.63) is 80.3 Å². The average molecular weight is 644 g/mol. The van der Waals surface area contributed by atoms with Crippen molar-refractivity contribution >= 4 is 57.5 Å². The number of primary amides is 1. The predicted octanol–water partition coefficient (Wildman–Crippen LogP) is 6.46. The minimum atomic E-state index is -1.13. The van der Waals surface area contributed by atoms with E-state index >= 15 is 0 Å². The zero-order valence-corrected chi connectivity index (χ0v) is 25.4. The van der Waals surface area contributed by atoms with Crippen molar-refractivity contribution in [1.29, 1.82) is 0 Å². The monoisotopic (exact) mass is 642 g/mol. The SMILES string of the molecule is COc1cc(C(=O)NC[C@H](c2cc3c(c(-c4ccc(F)c(Cl)c4Cl)n2)OC[C@]3(C)C(N)=O)C2CC2)cc2cc(Cl)cnc12. The number of ether oxygens (including phenoxy) is 2. The number of amides is 2. The van der Waals surface area contributed by atoms with E-state index in [-0.39, 0.29) is 40.9 Å². The van der Waals surface area contributed by atoms with Crippen molar-refractivity contribution in [1.82, 2.24) is 15.3 Å². The highest BCUT2D eigenvalue weighted by Gasteiger charge is 2.45. The second-order valence-corrected chi connectivity index (χ2v) is 12.2. The second kappa shape index (κ2) is 11.1. The molecule has 2 aromatic carbocycles. The molecule has 43 heavy (non-hydrogen) atoms. The largest absolute Gasteiger partial charge is 0.494 e. The number of methoxy groups -OCH3 is 1. The Labute approximate surface area is 261 Å². The van der Waals surface area contributed by atoms with E-state index in [1.165, 1.54) is 25.4 Å². The average Bonchev–Trinajstić information content (AvgIpc) is 3.77. The van der Waals surface area contributed by atoms with Crippen LogP contribution in [0.4, 0.5) is 4.39 Å². The Hall–Kier alpha value is -3.66. The first kappa shape index (κ1) is 29.4. The van der Waals surface area contributed by atoms with Gasteiger partial charge in [-0.2, -0.15) is 0 Å². The van der Waals surface area contributed by atoms with Gasteiger partial charge in [0.25, 0.3) is 5.91 Å². The molecule has 0 unspecified atom stereocenters. The number of nitrogens with zero attached hydrogens (tertiary/aromatic N) is 2. The first-order chi connectivity index (χ1) is 20.5. The molecule has 4 aromatic rings. The van der Waals surface area contributed by atoms with Gasteiger partial charge in [-0.05, 0) is 62.1 Å². The van der Waals surface area contributed by atoms with E-state index in [9.17, 15) is 14.0 Å². The van der Waals surface area contributed by atoms with Gasteiger partial charge in [-0.25, -0.2) is 9.37 Å². The Bertz CT molecular complexity index is 1820. The lowest BCUT2D eigenvalue weighted by Gasteiger charge is -2.22. The highest BCUT2D eigenvalue weighted by atomic mass is 35.5. The maximum absolute atomic E-state index is 14.2. The molecule has 2 atom stereocenters. The number of carbonyl (C=O) groups excluding carboxylic acids is 2. The first-order valence-corrected chi connectivity index (χ1v) is 14.7. The molecular weight excluding hydrogens is 618 g/mol. The molecule has 3 N–H and O–H groups in total. The fraction of sp³-hybridized carbons (Fsp3) is 0.290. The van der Waals surface area contributed by atoms with Crippen molar-refractivity contribution in [3.63, 3.8) is 0 Å². The maximum atomic E-state index is 14.2. The van der Waals surface area contributed by atoms with E-state index in [0.29, 0.717) is 55.5 Å². The van der Waals surface area contributed by atoms with Crippen LogP contribution >= 0.6 is 34.8 Å². The molecule has 0 saturated heterocycles. The Morgan fingerprint density at radius 3 is 2.65 bits per heavy atom. The number of nitrogens with two attached hydrogens (primary N) is 1. The Morgan fingerprint density at radius 1 is 1.19 bits per heavy atom. The smallest absolute Gasteiger partial charge is 0.251 e. The van der Waals surface area contributed by atoms with Crippen LogP contribution in [0.5, 0.6) is 11.5 Å². The summed E-state index contributed by atoms with van der Waals surface area (Å²) in [6, 6.07) is 9.55. The number of hydrogen-bond donors (Lipinski definition) is 2. The van der Waals surface area contributed by atoms with Crippen molar-refractivity contribution in [2.45, 2.75) is 31.1 Å². The highest BCUT2D eigenvalue weighted by molar-refractivity contribution is 6.43. The van der Waals surface area contributed by atoms with Crippen molar-refractivity contribution < 1.29 is 23.5 Å². The molecule has 0 bridgehead atoms. The Morgan fingerprint density at radius 2 is 1.95 bits per heavy atom. The standard InChI is InChI=1S/C31H26Cl3FN4O4/c1-31(30(36)41)13-43-28-20(31)10-22(39-27(28)18-5-6-21(35)25(34)24(18)33)19(14-3-4-14)12-38-29(40)16-7-15-8-17(32)11-37-26(15)23(9-16)42-2/h5-11,14,19H,3-4,12-13H2,1-2H3,(H2,36,41)(H,38,40)/t19-,31-/m0/s1. The summed E-state index contributed by atoms with van der Waals surface area (Å²) < 4.78 is 25.6. The molecule has 6 rings (SSSR count). The molecule has 2 amide bonds. The van der Waals surface area contributed by atoms with E-state index in [1.807, 2.05) is 6.07 Å². The van der Waals surface area contributed by atoms with Crippen molar-refractivity contribution in [2.75, 3.05) is 20.3 Å². The molecule has 2 aromatic heterocycles. The van der Waals surface area contributed by atoms with Crippen LogP contribution in [0.3, 0.4) is 0 Å². The van der Waals surface area contributed by atoms with Crippen LogP contribution in [0.2, 0.25) is 15.1 Å². The van der Waals surface area contributed by atoms with Gasteiger partial charge >= 0.3 is 0 Å². The van der Waals surface area contributed by atoms with Crippen LogP contribution in [0.15, 0.2) is 42.6 Å². The number of fused-ring (bicyclic) bond motifs is 2. The van der Waals surface area contributed by atoms with Gasteiger partial charge in [0.1, 0.15) is 40.5 Å². The number of nitrogens with one attached hydrogen (secondary N) is 1. The highest BCUT2D eigenvalue weighted by Crippen LogP contribution is 2.50. The fourth-order valence-electron chi connectivity index (χ4n) is 5.48. The number of hydrogen-bond acceptors (Lipinski definition) is 6. The lowest BCUT2D eigenvalue weighted by molar-refractivity contribution is -0.123. The van der Waals surface area contributed by atoms with E-state index in [0.717, 1.165) is 12.8 Å². The van der Waals surface area contributed by atoms with Gasteiger partial charge in [0.05, 0.1) is 22.2 Å². The molecular formula is C31H26Cl3FN4O4. The minimum Gasteiger partial charge on any atom is -0.494 e. The summed E-state index contributed by atoms with van der Waals surface area (Å²) >= 11 is 18.8. The minimum absolute atomic E-state index is 0.00977. The molecule has 1 aliphatic carbocycles. The van der Waals surface area contributed by atoms with Crippen LogP contribution in [-0.4, -0.2) is 42.0 Å². The molecule has 222 valence electrons. The van der Waals surface area contributed by atoms with Gasteiger partial charge in [-0.15, -0.1) is 0 Å². The van der Waals surface area contributed by atoms with E-state index in [2.05, 4.69) is 10.3 Å². The van der Waals surface area contributed by atoms with Crippen molar-refractivity contribution in [3.8, 4) is 22.8 Å². The normalized spacial score (nSPS) is 18.2. The van der Waals surface area contributed by atoms with Crippen LogP contribution in [0.1, 0.15) is 47.3 Å². The quantitative estimate of drug-likeness (QED) is 0.213. The van der Waals surface area contributed by atoms with Crippen LogP contribution in [0.25, 0.3) is 22.2 Å². The molecule has 1 fully saturated rings. The summed E-state index contributed by atoms with van der Waals surface area (Å²) in [5, 5.41) is 3.87. The molecule has 3 heterocycles. The van der Waals surface area contributed by atoms with Crippen LogP contribution in [0, 0.1) is 11.7 Å². The second-order valence-electron chi connectivity index (χ2n) is 11.0. The lowest BCUT2D eigenvalue weighted by atomic mass is 9.82. The summed E-state index contributed by atoms with van der Waals surface area (Å²) in [5.74, 6) is -0.735. The number of carbonyl (C=O) groups is 2. The molecule has 1 aliphatic heterocycles. The van der Waals surface area contributed by atoms with E-state index < -0.39 is 17.1 Å². The number of aromatic nitrogens is 2. The summed E-state index contributed by atoms with van der Waals surface area (Å²) in [5.41, 5.74) is 7.52. The van der Waals surface area contributed by atoms with Gasteiger partial charge in [0.2, 0.25) is 5.91 Å². The van der Waals surface area contributed by atoms with Gasteiger partial charge < -0.3 is 20.5 Å². The van der Waals surface area contributed by atoms with Gasteiger partial charge in [-0.1, -0.05) is 34.8 Å². The van der Waals surface area contributed by atoms with Gasteiger partial charge in [0, 0.05) is 46.4 Å². The maximum Gasteiger partial charge on any atom is 0.251 e. The van der Waals surface area contributed by atoms with Crippen LogP contribution in [-0.2, 0) is 10.2 Å². The third-order valence-electron chi connectivity index (χ3n) is 8.18. The molecule has 0 spiro atoms. The summed E-state index contributed by atoms with van der Waals surface area (Å²) in [7, 11) is 1.51. The fourth-order valence-corrected chi connectivity index (χ4v) is 6.05. The summed E-state index contributed by atoms with van der Waals surface area (Å²) in [6.45, 7) is 1.97. The topological polar surface area (TPSA) is 116 Å². The number of halogens is 4. The van der Waals surface area contributed by atoms with E-state index in [4.69, 9.17) is 55.0 Å². The first-order valence-electron chi connectivity index (χ1n) is 13.5. The Kier molecular flexibility index (Phi) is 7.61. The molecule has 12 heteroatoms. The Balaban J connectivity index is 1.39.